The van der Waals surface area contributed by atoms with Crippen LogP contribution in [0.1, 0.15) is 17.3 Å². The maximum absolute atomic E-state index is 13.4. The molecule has 0 aliphatic rings. The van der Waals surface area contributed by atoms with Gasteiger partial charge in [-0.2, -0.15) is 5.10 Å². The lowest BCUT2D eigenvalue weighted by Gasteiger charge is -2.12. The highest BCUT2D eigenvalue weighted by Gasteiger charge is 2.20. The van der Waals surface area contributed by atoms with Gasteiger partial charge in [0.15, 0.2) is 0 Å². The normalized spacial score (nSPS) is 10.4. The Hall–Kier alpha value is -4.59. The minimum Gasteiger partial charge on any atom is -0.497 e. The summed E-state index contributed by atoms with van der Waals surface area (Å²) in [5, 5.41) is 10.3. The summed E-state index contributed by atoms with van der Waals surface area (Å²) in [5.41, 5.74) is 3.44. The van der Waals surface area contributed by atoms with Crippen molar-refractivity contribution in [2.75, 3.05) is 24.9 Å². The highest BCUT2D eigenvalue weighted by molar-refractivity contribution is 6.09. The number of hydrogen-bond acceptors (Lipinski definition) is 5. The fraction of sp³-hybridized carbons (Fsp3) is 0.115. The quantitative estimate of drug-likeness (QED) is 0.418. The molecule has 0 spiro atoms. The largest absolute Gasteiger partial charge is 0.497 e. The van der Waals surface area contributed by atoms with Crippen LogP contribution in [0, 0.1) is 0 Å². The van der Waals surface area contributed by atoms with Crippen molar-refractivity contribution in [3.8, 4) is 28.4 Å². The minimum absolute atomic E-state index is 0.214. The number of ether oxygens (including phenoxy) is 2. The fourth-order valence-electron chi connectivity index (χ4n) is 3.49. The molecule has 8 heteroatoms. The third-order valence-corrected chi connectivity index (χ3v) is 5.11. The highest BCUT2D eigenvalue weighted by Crippen LogP contribution is 2.31. The molecule has 34 heavy (non-hydrogen) atoms. The first-order valence-corrected chi connectivity index (χ1v) is 10.5. The van der Waals surface area contributed by atoms with Crippen LogP contribution in [0.3, 0.4) is 0 Å². The molecule has 0 bridgehead atoms. The van der Waals surface area contributed by atoms with Gasteiger partial charge in [-0.25, -0.2) is 4.68 Å². The average Bonchev–Trinajstić information content (AvgIpc) is 3.30. The maximum Gasteiger partial charge on any atom is 0.259 e. The molecule has 0 saturated heterocycles. The molecule has 0 fully saturated rings. The predicted molar refractivity (Wildman–Crippen MR) is 131 cm³/mol. The number of anilines is 2. The summed E-state index contributed by atoms with van der Waals surface area (Å²) < 4.78 is 12.3. The van der Waals surface area contributed by atoms with Gasteiger partial charge in [0.25, 0.3) is 5.91 Å². The molecule has 2 N–H and O–H groups in total. The van der Waals surface area contributed by atoms with E-state index >= 15 is 0 Å². The van der Waals surface area contributed by atoms with E-state index in [1.54, 1.807) is 36.2 Å². The van der Waals surface area contributed by atoms with Crippen LogP contribution in [0.15, 0.2) is 79.0 Å². The van der Waals surface area contributed by atoms with Gasteiger partial charge < -0.3 is 20.1 Å². The number of methoxy groups -OCH3 is 2. The number of carbonyl (C=O) groups is 2. The standard InChI is InChI=1S/C26H24N4O4/c1-17(31)27-19-11-14-24(34-3)23(15-19)28-26(32)22-16-30(20-7-5-4-6-8-20)29-25(22)18-9-12-21(33-2)13-10-18/h4-16H,1-3H3,(H,27,31)(H,28,32). The minimum atomic E-state index is -0.369. The Morgan fingerprint density at radius 3 is 2.26 bits per heavy atom. The summed E-state index contributed by atoms with van der Waals surface area (Å²) >= 11 is 0. The van der Waals surface area contributed by atoms with Gasteiger partial charge in [0.05, 0.1) is 31.2 Å². The number of para-hydroxylation sites is 1. The van der Waals surface area contributed by atoms with Crippen molar-refractivity contribution < 1.29 is 19.1 Å². The van der Waals surface area contributed by atoms with E-state index in [1.807, 2.05) is 54.6 Å². The Morgan fingerprint density at radius 1 is 0.882 bits per heavy atom. The average molecular weight is 457 g/mol. The molecule has 4 aromatic rings. The maximum atomic E-state index is 13.4. The Bertz CT molecular complexity index is 1310. The van der Waals surface area contributed by atoms with Crippen LogP contribution >= 0.6 is 0 Å². The van der Waals surface area contributed by atoms with Crippen LogP contribution in [0.25, 0.3) is 16.9 Å². The fourth-order valence-corrected chi connectivity index (χ4v) is 3.49. The van der Waals surface area contributed by atoms with E-state index in [2.05, 4.69) is 10.6 Å². The predicted octanol–water partition coefficient (Wildman–Crippen LogP) is 4.77. The van der Waals surface area contributed by atoms with Gasteiger partial charge in [-0.1, -0.05) is 18.2 Å². The number of rotatable bonds is 7. The SMILES string of the molecule is COc1ccc(-c2nn(-c3ccccc3)cc2C(=O)Nc2cc(NC(C)=O)ccc2OC)cc1. The van der Waals surface area contributed by atoms with Gasteiger partial charge in [-0.05, 0) is 54.6 Å². The van der Waals surface area contributed by atoms with Gasteiger partial charge in [0.1, 0.15) is 17.2 Å². The molecule has 0 aliphatic heterocycles. The second-order valence-electron chi connectivity index (χ2n) is 7.45. The van der Waals surface area contributed by atoms with Crippen molar-refractivity contribution >= 4 is 23.2 Å². The zero-order valence-corrected chi connectivity index (χ0v) is 19.0. The van der Waals surface area contributed by atoms with Crippen LogP contribution in [0.5, 0.6) is 11.5 Å². The van der Waals surface area contributed by atoms with E-state index in [0.29, 0.717) is 34.1 Å². The number of hydrogen-bond donors (Lipinski definition) is 2. The highest BCUT2D eigenvalue weighted by atomic mass is 16.5. The number of amides is 2. The molecule has 1 heterocycles. The van der Waals surface area contributed by atoms with E-state index < -0.39 is 0 Å². The molecule has 8 nitrogen and oxygen atoms in total. The molecule has 0 radical (unpaired) electrons. The first-order chi connectivity index (χ1) is 16.5. The number of nitrogens with one attached hydrogen (secondary N) is 2. The van der Waals surface area contributed by atoms with Crippen molar-refractivity contribution in [3.05, 3.63) is 84.6 Å². The molecule has 0 saturated carbocycles. The van der Waals surface area contributed by atoms with Crippen molar-refractivity contribution in [2.45, 2.75) is 6.92 Å². The van der Waals surface area contributed by atoms with E-state index in [9.17, 15) is 9.59 Å². The van der Waals surface area contributed by atoms with Gasteiger partial charge in [0, 0.05) is 24.4 Å². The molecule has 0 atom stereocenters. The topological polar surface area (TPSA) is 94.5 Å². The molecule has 3 aromatic carbocycles. The van der Waals surface area contributed by atoms with Gasteiger partial charge >= 0.3 is 0 Å². The first-order valence-electron chi connectivity index (χ1n) is 10.5. The third kappa shape index (κ3) is 4.91. The molecule has 4 rings (SSSR count). The second-order valence-corrected chi connectivity index (χ2v) is 7.45. The molecular weight excluding hydrogens is 432 g/mol. The van der Waals surface area contributed by atoms with Crippen molar-refractivity contribution in [1.29, 1.82) is 0 Å². The number of nitrogens with zero attached hydrogens (tertiary/aromatic N) is 2. The van der Waals surface area contributed by atoms with Gasteiger partial charge in [-0.15, -0.1) is 0 Å². The smallest absolute Gasteiger partial charge is 0.259 e. The van der Waals surface area contributed by atoms with Gasteiger partial charge in [-0.3, -0.25) is 9.59 Å². The summed E-state index contributed by atoms with van der Waals surface area (Å²) in [7, 11) is 3.11. The van der Waals surface area contributed by atoms with Crippen LogP contribution in [-0.2, 0) is 4.79 Å². The monoisotopic (exact) mass is 456 g/mol. The number of benzene rings is 3. The van der Waals surface area contributed by atoms with Gasteiger partial charge in [0.2, 0.25) is 5.91 Å². The lowest BCUT2D eigenvalue weighted by Crippen LogP contribution is -2.14. The lowest BCUT2D eigenvalue weighted by atomic mass is 10.1. The van der Waals surface area contributed by atoms with Crippen molar-refractivity contribution in [3.63, 3.8) is 0 Å². The summed E-state index contributed by atoms with van der Waals surface area (Å²) in [5.74, 6) is 0.584. The van der Waals surface area contributed by atoms with Crippen LogP contribution < -0.4 is 20.1 Å². The number of aromatic nitrogens is 2. The Morgan fingerprint density at radius 2 is 1.62 bits per heavy atom. The molecular formula is C26H24N4O4. The van der Waals surface area contributed by atoms with Crippen molar-refractivity contribution in [2.24, 2.45) is 0 Å². The number of carbonyl (C=O) groups excluding carboxylic acids is 2. The van der Waals surface area contributed by atoms with Crippen LogP contribution in [0.4, 0.5) is 11.4 Å². The zero-order valence-electron chi connectivity index (χ0n) is 19.0. The lowest BCUT2D eigenvalue weighted by molar-refractivity contribution is -0.114. The first kappa shape index (κ1) is 22.6. The van der Waals surface area contributed by atoms with E-state index in [-0.39, 0.29) is 11.8 Å². The zero-order chi connectivity index (χ0) is 24.1. The summed E-state index contributed by atoms with van der Waals surface area (Å²) in [6.45, 7) is 1.42. The molecule has 1 aromatic heterocycles. The van der Waals surface area contributed by atoms with E-state index in [1.165, 1.54) is 14.0 Å². The summed E-state index contributed by atoms with van der Waals surface area (Å²) in [6, 6.07) is 21.9. The molecule has 0 aliphatic carbocycles. The molecule has 172 valence electrons. The second kappa shape index (κ2) is 9.91. The van der Waals surface area contributed by atoms with Crippen molar-refractivity contribution in [1.82, 2.24) is 9.78 Å². The van der Waals surface area contributed by atoms with E-state index in [4.69, 9.17) is 14.6 Å². The third-order valence-electron chi connectivity index (χ3n) is 5.11. The Kier molecular flexibility index (Phi) is 6.59. The summed E-state index contributed by atoms with van der Waals surface area (Å²) in [4.78, 5) is 24.9. The van der Waals surface area contributed by atoms with Crippen LogP contribution in [0.2, 0.25) is 0 Å². The molecule has 0 unspecified atom stereocenters. The van der Waals surface area contributed by atoms with Crippen LogP contribution in [-0.4, -0.2) is 35.8 Å². The molecule has 2 amide bonds. The summed E-state index contributed by atoms with van der Waals surface area (Å²) in [6.07, 6.45) is 1.69. The Labute approximate surface area is 197 Å². The Balaban J connectivity index is 1.74. The van der Waals surface area contributed by atoms with E-state index in [0.717, 1.165) is 11.3 Å².